The Morgan fingerprint density at radius 3 is 2.63 bits per heavy atom. The van der Waals surface area contributed by atoms with E-state index in [0.717, 1.165) is 18.2 Å². The Balaban J connectivity index is 1.49. The van der Waals surface area contributed by atoms with Gasteiger partial charge in [0.15, 0.2) is 0 Å². The van der Waals surface area contributed by atoms with E-state index in [2.05, 4.69) is 27.8 Å². The summed E-state index contributed by atoms with van der Waals surface area (Å²) in [6.07, 6.45) is 3.25. The van der Waals surface area contributed by atoms with E-state index in [-0.39, 0.29) is 23.5 Å². The van der Waals surface area contributed by atoms with Crippen LogP contribution in [-0.4, -0.2) is 16.9 Å². The van der Waals surface area contributed by atoms with Crippen molar-refractivity contribution in [3.8, 4) is 0 Å². The lowest BCUT2D eigenvalue weighted by atomic mass is 10.1. The third-order valence-electron chi connectivity index (χ3n) is 4.88. The number of hydrogen-bond acceptors (Lipinski definition) is 4. The summed E-state index contributed by atoms with van der Waals surface area (Å²) >= 11 is 0. The maximum atomic E-state index is 13.2. The van der Waals surface area contributed by atoms with Gasteiger partial charge in [0, 0.05) is 17.8 Å². The number of amides is 1. The number of anilines is 2. The van der Waals surface area contributed by atoms with Crippen LogP contribution in [0.2, 0.25) is 0 Å². The molecule has 0 aliphatic carbocycles. The van der Waals surface area contributed by atoms with E-state index in [0.29, 0.717) is 17.1 Å². The third-order valence-corrected chi connectivity index (χ3v) is 4.88. The number of halogens is 1. The van der Waals surface area contributed by atoms with Crippen molar-refractivity contribution < 1.29 is 13.6 Å². The second-order valence-electron chi connectivity index (χ2n) is 7.22. The van der Waals surface area contributed by atoms with Crippen LogP contribution in [0.5, 0.6) is 0 Å². The lowest BCUT2D eigenvalue weighted by molar-refractivity contribution is 0.0933. The molecule has 4 aromatic rings. The molecule has 2 heterocycles. The quantitative estimate of drug-likeness (QED) is 0.430. The zero-order chi connectivity index (χ0) is 20.9. The molecule has 2 aromatic carbocycles. The molecule has 0 aliphatic rings. The van der Waals surface area contributed by atoms with Crippen LogP contribution >= 0.6 is 0 Å². The number of nitrogens with zero attached hydrogens (tertiary/aromatic N) is 1. The average Bonchev–Trinajstić information content (AvgIpc) is 3.24. The van der Waals surface area contributed by atoms with Gasteiger partial charge in [0.05, 0.1) is 11.6 Å². The van der Waals surface area contributed by atoms with Crippen molar-refractivity contribution in [2.45, 2.75) is 25.8 Å². The van der Waals surface area contributed by atoms with Gasteiger partial charge in [-0.25, -0.2) is 9.37 Å². The second kappa shape index (κ2) is 8.78. The van der Waals surface area contributed by atoms with E-state index < -0.39 is 0 Å². The molecule has 0 unspecified atom stereocenters. The molecule has 1 amide bonds. The van der Waals surface area contributed by atoms with E-state index in [9.17, 15) is 9.18 Å². The molecule has 0 aliphatic heterocycles. The number of furan rings is 1. The number of carbonyl (C=O) groups excluding carboxylic acids is 1. The highest BCUT2D eigenvalue weighted by Crippen LogP contribution is 2.27. The minimum atomic E-state index is -0.320. The van der Waals surface area contributed by atoms with E-state index in [1.54, 1.807) is 30.5 Å². The van der Waals surface area contributed by atoms with Gasteiger partial charge in [0.25, 0.3) is 5.91 Å². The van der Waals surface area contributed by atoms with Gasteiger partial charge in [-0.3, -0.25) is 4.79 Å². The summed E-state index contributed by atoms with van der Waals surface area (Å²) < 4.78 is 18.7. The highest BCUT2D eigenvalue weighted by molar-refractivity contribution is 5.99. The molecule has 152 valence electrons. The number of aromatic nitrogens is 1. The molecule has 2 N–H and O–H groups in total. The maximum Gasteiger partial charge on any atom is 0.270 e. The van der Waals surface area contributed by atoms with Crippen molar-refractivity contribution in [1.82, 2.24) is 10.3 Å². The monoisotopic (exact) mass is 403 g/mol. The van der Waals surface area contributed by atoms with E-state index >= 15 is 0 Å². The first kappa shape index (κ1) is 19.6. The summed E-state index contributed by atoms with van der Waals surface area (Å²) in [5, 5.41) is 6.88. The molecule has 6 heteroatoms. The molecule has 0 fully saturated rings. The van der Waals surface area contributed by atoms with Gasteiger partial charge in [0.1, 0.15) is 22.9 Å². The Kier molecular flexibility index (Phi) is 5.75. The number of aryl methyl sites for hydroxylation is 1. The van der Waals surface area contributed by atoms with Gasteiger partial charge >= 0.3 is 0 Å². The minimum Gasteiger partial charge on any atom is -0.464 e. The molecule has 2 aromatic heterocycles. The Bertz CT molecular complexity index is 1140. The smallest absolute Gasteiger partial charge is 0.270 e. The fraction of sp³-hybridized carbons (Fsp3) is 0.167. The molecule has 0 saturated heterocycles. The van der Waals surface area contributed by atoms with Crippen molar-refractivity contribution in [1.29, 1.82) is 0 Å². The van der Waals surface area contributed by atoms with Crippen molar-refractivity contribution in [2.75, 3.05) is 5.32 Å². The fourth-order valence-corrected chi connectivity index (χ4v) is 3.24. The number of benzene rings is 2. The predicted octanol–water partition coefficient (Wildman–Crippen LogP) is 5.46. The molecule has 30 heavy (non-hydrogen) atoms. The number of hydrogen-bond donors (Lipinski definition) is 2. The Hall–Kier alpha value is -3.67. The average molecular weight is 403 g/mol. The van der Waals surface area contributed by atoms with Crippen LogP contribution in [0.15, 0.2) is 77.4 Å². The van der Waals surface area contributed by atoms with Gasteiger partial charge < -0.3 is 15.1 Å². The molecule has 0 spiro atoms. The summed E-state index contributed by atoms with van der Waals surface area (Å²) in [5.41, 5.74) is 2.71. The summed E-state index contributed by atoms with van der Waals surface area (Å²) in [6.45, 7) is 1.98. The van der Waals surface area contributed by atoms with Crippen LogP contribution in [0.1, 0.15) is 29.4 Å². The lowest BCUT2D eigenvalue weighted by Crippen LogP contribution is -2.33. The fourth-order valence-electron chi connectivity index (χ4n) is 3.24. The summed E-state index contributed by atoms with van der Waals surface area (Å²) in [5.74, 6) is -0.106. The normalized spacial score (nSPS) is 11.9. The number of nitrogens with one attached hydrogen (secondary N) is 2. The van der Waals surface area contributed by atoms with Crippen molar-refractivity contribution in [3.63, 3.8) is 0 Å². The minimum absolute atomic E-state index is 0.0136. The standard InChI is InChI=1S/C24H22FN3O2/c1-16(7-8-17-5-3-2-4-6-17)26-24(29)21-15-22-20(13-14-30-22)23(28-21)27-19-11-9-18(25)10-12-19/h2-6,9-16H,7-8H2,1H3,(H,26,29)(H,27,28)/t16-/m0/s1. The van der Waals surface area contributed by atoms with Crippen LogP contribution in [0, 0.1) is 5.82 Å². The molecular weight excluding hydrogens is 381 g/mol. The second-order valence-corrected chi connectivity index (χ2v) is 7.22. The molecule has 4 rings (SSSR count). The molecule has 5 nitrogen and oxygen atoms in total. The van der Waals surface area contributed by atoms with E-state index in [1.165, 1.54) is 17.7 Å². The molecule has 0 saturated carbocycles. The number of fused-ring (bicyclic) bond motifs is 1. The Morgan fingerprint density at radius 1 is 1.10 bits per heavy atom. The van der Waals surface area contributed by atoms with Crippen LogP contribution in [0.3, 0.4) is 0 Å². The highest BCUT2D eigenvalue weighted by atomic mass is 19.1. The predicted molar refractivity (Wildman–Crippen MR) is 115 cm³/mol. The first-order valence-corrected chi connectivity index (χ1v) is 9.84. The van der Waals surface area contributed by atoms with Crippen LogP contribution in [0.4, 0.5) is 15.9 Å². The Morgan fingerprint density at radius 2 is 1.87 bits per heavy atom. The van der Waals surface area contributed by atoms with E-state index in [4.69, 9.17) is 4.42 Å². The summed E-state index contributed by atoms with van der Waals surface area (Å²) in [7, 11) is 0. The van der Waals surface area contributed by atoms with Gasteiger partial charge in [-0.1, -0.05) is 30.3 Å². The molecule has 1 atom stereocenters. The first-order chi connectivity index (χ1) is 14.6. The molecule has 0 bridgehead atoms. The zero-order valence-corrected chi connectivity index (χ0v) is 16.6. The summed E-state index contributed by atoms with van der Waals surface area (Å²) in [6, 6.07) is 19.5. The van der Waals surface area contributed by atoms with Crippen LogP contribution < -0.4 is 10.6 Å². The number of pyridine rings is 1. The van der Waals surface area contributed by atoms with Crippen molar-refractivity contribution >= 4 is 28.4 Å². The van der Waals surface area contributed by atoms with Gasteiger partial charge in [0.2, 0.25) is 0 Å². The Labute approximate surface area is 173 Å². The largest absolute Gasteiger partial charge is 0.464 e. The lowest BCUT2D eigenvalue weighted by Gasteiger charge is -2.14. The van der Waals surface area contributed by atoms with Crippen molar-refractivity contribution in [3.05, 3.63) is 90.1 Å². The SMILES string of the molecule is C[C@@H](CCc1ccccc1)NC(=O)c1cc2occc2c(Nc2ccc(F)cc2)n1. The van der Waals surface area contributed by atoms with Gasteiger partial charge in [-0.2, -0.15) is 0 Å². The summed E-state index contributed by atoms with van der Waals surface area (Å²) in [4.78, 5) is 17.3. The topological polar surface area (TPSA) is 67.2 Å². The number of carbonyl (C=O) groups is 1. The van der Waals surface area contributed by atoms with Crippen molar-refractivity contribution in [2.24, 2.45) is 0 Å². The first-order valence-electron chi connectivity index (χ1n) is 9.84. The molecule has 0 radical (unpaired) electrons. The van der Waals surface area contributed by atoms with Gasteiger partial charge in [-0.05, 0) is 55.7 Å². The van der Waals surface area contributed by atoms with Gasteiger partial charge in [-0.15, -0.1) is 0 Å². The van der Waals surface area contributed by atoms with E-state index in [1.807, 2.05) is 25.1 Å². The number of rotatable bonds is 7. The zero-order valence-electron chi connectivity index (χ0n) is 16.6. The van der Waals surface area contributed by atoms with Crippen LogP contribution in [0.25, 0.3) is 11.0 Å². The third kappa shape index (κ3) is 4.66. The maximum absolute atomic E-state index is 13.2. The highest BCUT2D eigenvalue weighted by Gasteiger charge is 2.16. The van der Waals surface area contributed by atoms with Crippen LogP contribution in [-0.2, 0) is 6.42 Å². The molecular formula is C24H22FN3O2.